The zero-order valence-electron chi connectivity index (χ0n) is 8.12. The number of aryl methyl sites for hydroxylation is 1. The van der Waals surface area contributed by atoms with E-state index < -0.39 is 5.97 Å². The molecule has 1 N–H and O–H groups in total. The second kappa shape index (κ2) is 7.40. The Hall–Kier alpha value is -1.25. The lowest BCUT2D eigenvalue weighted by atomic mass is 10.2. The van der Waals surface area contributed by atoms with Gasteiger partial charge in [0.1, 0.15) is 5.76 Å². The van der Waals surface area contributed by atoms with E-state index in [0.29, 0.717) is 0 Å². The summed E-state index contributed by atoms with van der Waals surface area (Å²) in [7, 11) is 0. The van der Waals surface area contributed by atoms with Gasteiger partial charge in [0, 0.05) is 13.3 Å². The molecule has 3 nitrogen and oxygen atoms in total. The summed E-state index contributed by atoms with van der Waals surface area (Å²) in [6, 6.07) is 3.96. The predicted octanol–water partition coefficient (Wildman–Crippen LogP) is 2.71. The summed E-state index contributed by atoms with van der Waals surface area (Å²) in [5.74, 6) is 0.275. The zero-order chi connectivity index (χ0) is 10.1. The Morgan fingerprint density at radius 1 is 1.62 bits per heavy atom. The predicted molar refractivity (Wildman–Crippen MR) is 50.6 cm³/mol. The van der Waals surface area contributed by atoms with Crippen molar-refractivity contribution in [3.8, 4) is 0 Å². The smallest absolute Gasteiger partial charge is 0.300 e. The third kappa shape index (κ3) is 8.66. The SMILES string of the molecule is CC(=O)O.CCCCc1ccco1. The fourth-order valence-electron chi connectivity index (χ4n) is 0.806. The van der Waals surface area contributed by atoms with Gasteiger partial charge in [-0.1, -0.05) is 13.3 Å². The van der Waals surface area contributed by atoms with Crippen molar-refractivity contribution < 1.29 is 14.3 Å². The number of carbonyl (C=O) groups is 1. The van der Waals surface area contributed by atoms with E-state index in [2.05, 4.69) is 6.92 Å². The van der Waals surface area contributed by atoms with E-state index in [0.717, 1.165) is 19.1 Å². The van der Waals surface area contributed by atoms with Crippen molar-refractivity contribution in [2.45, 2.75) is 33.1 Å². The number of hydrogen-bond donors (Lipinski definition) is 1. The molecule has 0 aliphatic rings. The lowest BCUT2D eigenvalue weighted by molar-refractivity contribution is -0.134. The molecule has 0 radical (unpaired) electrons. The monoisotopic (exact) mass is 184 g/mol. The lowest BCUT2D eigenvalue weighted by Gasteiger charge is -1.90. The first-order chi connectivity index (χ1) is 6.16. The summed E-state index contributed by atoms with van der Waals surface area (Å²) in [5, 5.41) is 7.42. The van der Waals surface area contributed by atoms with Crippen LogP contribution in [0.5, 0.6) is 0 Å². The molecule has 1 heterocycles. The Bertz CT molecular complexity index is 210. The number of aliphatic carboxylic acids is 1. The molecule has 1 aromatic heterocycles. The molecule has 74 valence electrons. The highest BCUT2D eigenvalue weighted by atomic mass is 16.4. The Morgan fingerprint density at radius 3 is 2.62 bits per heavy atom. The number of rotatable bonds is 3. The fourth-order valence-corrected chi connectivity index (χ4v) is 0.806. The maximum Gasteiger partial charge on any atom is 0.300 e. The molecule has 0 aliphatic carbocycles. The molecule has 0 bridgehead atoms. The van der Waals surface area contributed by atoms with Crippen LogP contribution in [0.1, 0.15) is 32.4 Å². The first-order valence-electron chi connectivity index (χ1n) is 4.38. The van der Waals surface area contributed by atoms with Gasteiger partial charge in [0.05, 0.1) is 6.26 Å². The van der Waals surface area contributed by atoms with Crippen molar-refractivity contribution in [2.75, 3.05) is 0 Å². The van der Waals surface area contributed by atoms with Crippen LogP contribution in [0.4, 0.5) is 0 Å². The second-order valence-corrected chi connectivity index (χ2v) is 2.70. The van der Waals surface area contributed by atoms with Crippen LogP contribution in [0, 0.1) is 0 Å². The van der Waals surface area contributed by atoms with Crippen molar-refractivity contribution in [2.24, 2.45) is 0 Å². The van der Waals surface area contributed by atoms with E-state index in [1.165, 1.54) is 12.8 Å². The van der Waals surface area contributed by atoms with Crippen LogP contribution in [0.15, 0.2) is 22.8 Å². The molecular formula is C10H16O3. The average Bonchev–Trinajstić information content (AvgIpc) is 2.51. The lowest BCUT2D eigenvalue weighted by Crippen LogP contribution is -1.78. The molecule has 1 rings (SSSR count). The third-order valence-corrected chi connectivity index (χ3v) is 1.36. The van der Waals surface area contributed by atoms with E-state index >= 15 is 0 Å². The average molecular weight is 184 g/mol. The highest BCUT2D eigenvalue weighted by Crippen LogP contribution is 2.04. The molecular weight excluding hydrogens is 168 g/mol. The summed E-state index contributed by atoms with van der Waals surface area (Å²) in [6.45, 7) is 3.27. The van der Waals surface area contributed by atoms with Crippen LogP contribution in [0.3, 0.4) is 0 Å². The maximum atomic E-state index is 9.00. The molecule has 0 fully saturated rings. The van der Waals surface area contributed by atoms with E-state index in [-0.39, 0.29) is 0 Å². The molecule has 0 saturated heterocycles. The third-order valence-electron chi connectivity index (χ3n) is 1.36. The number of furan rings is 1. The molecule has 0 atom stereocenters. The van der Waals surface area contributed by atoms with Crippen molar-refractivity contribution in [3.05, 3.63) is 24.2 Å². The largest absolute Gasteiger partial charge is 0.481 e. The first kappa shape index (κ1) is 11.8. The van der Waals surface area contributed by atoms with Gasteiger partial charge in [0.2, 0.25) is 0 Å². The van der Waals surface area contributed by atoms with Gasteiger partial charge in [-0.3, -0.25) is 4.79 Å². The van der Waals surface area contributed by atoms with E-state index in [9.17, 15) is 0 Å². The molecule has 0 spiro atoms. The van der Waals surface area contributed by atoms with Crippen LogP contribution < -0.4 is 0 Å². The minimum absolute atomic E-state index is 0.833. The number of carboxylic acids is 1. The van der Waals surface area contributed by atoms with Gasteiger partial charge in [-0.05, 0) is 18.6 Å². The van der Waals surface area contributed by atoms with Gasteiger partial charge in [-0.25, -0.2) is 0 Å². The normalized spacial score (nSPS) is 8.77. The van der Waals surface area contributed by atoms with Crippen LogP contribution in [0.25, 0.3) is 0 Å². The summed E-state index contributed by atoms with van der Waals surface area (Å²) in [4.78, 5) is 9.00. The standard InChI is InChI=1S/C8H12O.C2H4O2/c1-2-3-5-8-6-4-7-9-8;1-2(3)4/h4,6-7H,2-3,5H2,1H3;1H3,(H,3,4). The Kier molecular flexibility index (Phi) is 6.69. The second-order valence-electron chi connectivity index (χ2n) is 2.70. The Balaban J connectivity index is 0.000000310. The van der Waals surface area contributed by atoms with E-state index in [1.807, 2.05) is 12.1 Å². The molecule has 3 heteroatoms. The number of hydrogen-bond acceptors (Lipinski definition) is 2. The van der Waals surface area contributed by atoms with Gasteiger partial charge in [-0.2, -0.15) is 0 Å². The van der Waals surface area contributed by atoms with Gasteiger partial charge in [0.25, 0.3) is 5.97 Å². The minimum atomic E-state index is -0.833. The summed E-state index contributed by atoms with van der Waals surface area (Å²) >= 11 is 0. The van der Waals surface area contributed by atoms with Crippen LogP contribution >= 0.6 is 0 Å². The zero-order valence-corrected chi connectivity index (χ0v) is 8.12. The topological polar surface area (TPSA) is 50.4 Å². The molecule has 0 aliphatic heterocycles. The molecule has 13 heavy (non-hydrogen) atoms. The van der Waals surface area contributed by atoms with E-state index in [4.69, 9.17) is 14.3 Å². The summed E-state index contributed by atoms with van der Waals surface area (Å²) < 4.78 is 5.14. The Morgan fingerprint density at radius 2 is 2.23 bits per heavy atom. The van der Waals surface area contributed by atoms with Crippen molar-refractivity contribution in [1.29, 1.82) is 0 Å². The summed E-state index contributed by atoms with van der Waals surface area (Å²) in [5.41, 5.74) is 0. The maximum absolute atomic E-state index is 9.00. The van der Waals surface area contributed by atoms with Crippen molar-refractivity contribution >= 4 is 5.97 Å². The summed E-state index contributed by atoms with van der Waals surface area (Å²) in [6.07, 6.45) is 5.28. The molecule has 1 aromatic rings. The number of carboxylic acid groups (broad SMARTS) is 1. The quantitative estimate of drug-likeness (QED) is 0.785. The Labute approximate surface area is 78.4 Å². The van der Waals surface area contributed by atoms with Gasteiger partial charge >= 0.3 is 0 Å². The van der Waals surface area contributed by atoms with E-state index in [1.54, 1.807) is 6.26 Å². The number of unbranched alkanes of at least 4 members (excludes halogenated alkanes) is 1. The molecule has 0 aromatic carbocycles. The highest BCUT2D eigenvalue weighted by molar-refractivity contribution is 5.62. The van der Waals surface area contributed by atoms with Crippen LogP contribution in [0.2, 0.25) is 0 Å². The van der Waals surface area contributed by atoms with Gasteiger partial charge < -0.3 is 9.52 Å². The molecule has 0 amide bonds. The van der Waals surface area contributed by atoms with Crippen LogP contribution in [-0.2, 0) is 11.2 Å². The van der Waals surface area contributed by atoms with Gasteiger partial charge in [0.15, 0.2) is 0 Å². The molecule has 0 unspecified atom stereocenters. The minimum Gasteiger partial charge on any atom is -0.481 e. The van der Waals surface area contributed by atoms with Crippen molar-refractivity contribution in [3.63, 3.8) is 0 Å². The first-order valence-corrected chi connectivity index (χ1v) is 4.38. The highest BCUT2D eigenvalue weighted by Gasteiger charge is 1.91. The fraction of sp³-hybridized carbons (Fsp3) is 0.500. The molecule has 0 saturated carbocycles. The van der Waals surface area contributed by atoms with Crippen LogP contribution in [-0.4, -0.2) is 11.1 Å². The van der Waals surface area contributed by atoms with Crippen molar-refractivity contribution in [1.82, 2.24) is 0 Å². The van der Waals surface area contributed by atoms with Gasteiger partial charge in [-0.15, -0.1) is 0 Å².